The van der Waals surface area contributed by atoms with Crippen molar-refractivity contribution in [2.45, 2.75) is 34.6 Å². The van der Waals surface area contributed by atoms with Crippen LogP contribution in [-0.4, -0.2) is 5.71 Å². The van der Waals surface area contributed by atoms with E-state index in [4.69, 9.17) is 0 Å². The Balaban J connectivity index is 3.55. The Kier molecular flexibility index (Phi) is 5.05. The van der Waals surface area contributed by atoms with E-state index in [1.54, 1.807) is 0 Å². The fourth-order valence-corrected chi connectivity index (χ4v) is 2.09. The van der Waals surface area contributed by atoms with Crippen LogP contribution in [0.5, 0.6) is 0 Å². The molecule has 0 aliphatic heterocycles. The molecule has 0 saturated carbocycles. The van der Waals surface area contributed by atoms with Gasteiger partial charge in [0.2, 0.25) is 0 Å². The van der Waals surface area contributed by atoms with Gasteiger partial charge in [0.15, 0.2) is 0 Å². The molecule has 0 amide bonds. The second-order valence-electron chi connectivity index (χ2n) is 5.09. The average molecular weight is 253 g/mol. The van der Waals surface area contributed by atoms with Crippen molar-refractivity contribution >= 4 is 16.9 Å². The van der Waals surface area contributed by atoms with Crippen LogP contribution in [-0.2, 0) is 0 Å². The third-order valence-electron chi connectivity index (χ3n) is 2.91. The van der Waals surface area contributed by atoms with Crippen LogP contribution in [0.3, 0.4) is 0 Å². The summed E-state index contributed by atoms with van der Waals surface area (Å²) in [6, 6.07) is 6.40. The first-order chi connectivity index (χ1) is 8.86. The maximum atomic E-state index is 4.54. The molecule has 0 fully saturated rings. The molecule has 0 aliphatic carbocycles. The fraction of sp³-hybridized carbons (Fsp3) is 0.278. The summed E-state index contributed by atoms with van der Waals surface area (Å²) in [6.07, 6.45) is 1.87. The highest BCUT2D eigenvalue weighted by Crippen LogP contribution is 2.29. The van der Waals surface area contributed by atoms with Crippen LogP contribution in [0.2, 0.25) is 0 Å². The Hall–Kier alpha value is -1.89. The van der Waals surface area contributed by atoms with Crippen molar-refractivity contribution in [1.29, 1.82) is 0 Å². The first kappa shape index (κ1) is 15.2. The van der Waals surface area contributed by atoms with E-state index < -0.39 is 0 Å². The van der Waals surface area contributed by atoms with E-state index in [-0.39, 0.29) is 0 Å². The molecule has 1 nitrogen and oxygen atoms in total. The van der Waals surface area contributed by atoms with Gasteiger partial charge in [0, 0.05) is 17.0 Å². The summed E-state index contributed by atoms with van der Waals surface area (Å²) in [4.78, 5) is 4.54. The van der Waals surface area contributed by atoms with E-state index in [1.165, 1.54) is 11.1 Å². The minimum atomic E-state index is 0.987. The van der Waals surface area contributed by atoms with Crippen LogP contribution in [0.15, 0.2) is 48.1 Å². The van der Waals surface area contributed by atoms with Crippen LogP contribution in [0, 0.1) is 6.92 Å². The quantitative estimate of drug-likeness (QED) is 0.501. The van der Waals surface area contributed by atoms with Gasteiger partial charge in [0.05, 0.1) is 0 Å². The predicted octanol–water partition coefficient (Wildman–Crippen LogP) is 5.43. The summed E-state index contributed by atoms with van der Waals surface area (Å²) < 4.78 is 0. The number of aliphatic imine (C=N–C) groups is 1. The highest BCUT2D eigenvalue weighted by molar-refractivity contribution is 5.87. The number of rotatable bonds is 4. The van der Waals surface area contributed by atoms with Crippen LogP contribution in [0.1, 0.15) is 44.4 Å². The van der Waals surface area contributed by atoms with Crippen LogP contribution in [0.25, 0.3) is 11.1 Å². The van der Waals surface area contributed by atoms with Crippen molar-refractivity contribution in [1.82, 2.24) is 0 Å². The smallest absolute Gasteiger partial charge is 0.0450 e. The molecule has 0 unspecified atom stereocenters. The molecule has 0 heterocycles. The molecule has 0 N–H and O–H groups in total. The summed E-state index contributed by atoms with van der Waals surface area (Å²) in [5.41, 5.74) is 7.70. The molecule has 0 atom stereocenters. The lowest BCUT2D eigenvalue weighted by Crippen LogP contribution is -1.94. The highest BCUT2D eigenvalue weighted by Gasteiger charge is 2.09. The molecule has 0 bridgehead atoms. The second kappa shape index (κ2) is 6.33. The van der Waals surface area contributed by atoms with Gasteiger partial charge in [-0.25, -0.2) is 0 Å². The monoisotopic (exact) mass is 253 g/mol. The van der Waals surface area contributed by atoms with Gasteiger partial charge in [-0.2, -0.15) is 0 Å². The van der Waals surface area contributed by atoms with E-state index in [2.05, 4.69) is 43.3 Å². The van der Waals surface area contributed by atoms with Crippen LogP contribution < -0.4 is 0 Å². The maximum Gasteiger partial charge on any atom is 0.0450 e. The van der Waals surface area contributed by atoms with Crippen molar-refractivity contribution in [2.75, 3.05) is 0 Å². The molecule has 0 radical (unpaired) electrons. The van der Waals surface area contributed by atoms with E-state index >= 15 is 0 Å². The Bertz CT molecular complexity index is 567. The van der Waals surface area contributed by atoms with Crippen molar-refractivity contribution in [3.8, 4) is 0 Å². The maximum absolute atomic E-state index is 4.54. The molecular formula is C18H23N. The molecule has 0 aromatic heterocycles. The minimum absolute atomic E-state index is 0.987. The third kappa shape index (κ3) is 3.78. The Morgan fingerprint density at radius 1 is 1.11 bits per heavy atom. The molecule has 1 aromatic carbocycles. The Morgan fingerprint density at radius 2 is 1.74 bits per heavy atom. The molecule has 1 rings (SSSR count). The van der Waals surface area contributed by atoms with Gasteiger partial charge in [0.25, 0.3) is 0 Å². The molecule has 1 aromatic rings. The average Bonchev–Trinajstić information content (AvgIpc) is 2.30. The zero-order valence-electron chi connectivity index (χ0n) is 12.7. The molecule has 0 saturated heterocycles. The van der Waals surface area contributed by atoms with Gasteiger partial charge in [0.1, 0.15) is 0 Å². The van der Waals surface area contributed by atoms with E-state index in [0.29, 0.717) is 0 Å². The lowest BCUT2D eigenvalue weighted by Gasteiger charge is -2.13. The van der Waals surface area contributed by atoms with E-state index in [9.17, 15) is 0 Å². The number of benzene rings is 1. The van der Waals surface area contributed by atoms with Gasteiger partial charge >= 0.3 is 0 Å². The van der Waals surface area contributed by atoms with Crippen molar-refractivity contribution in [3.05, 3.63) is 59.8 Å². The summed E-state index contributed by atoms with van der Waals surface area (Å²) in [5, 5.41) is 0. The Labute approximate surface area is 117 Å². The lowest BCUT2D eigenvalue weighted by atomic mass is 9.93. The van der Waals surface area contributed by atoms with Gasteiger partial charge in [-0.15, -0.1) is 0 Å². The topological polar surface area (TPSA) is 12.4 Å². The molecule has 0 aliphatic rings. The van der Waals surface area contributed by atoms with Crippen molar-refractivity contribution in [2.24, 2.45) is 4.99 Å². The van der Waals surface area contributed by atoms with Gasteiger partial charge in [-0.1, -0.05) is 48.6 Å². The van der Waals surface area contributed by atoms with Gasteiger partial charge < -0.3 is 0 Å². The van der Waals surface area contributed by atoms with E-state index in [1.807, 2.05) is 33.8 Å². The summed E-state index contributed by atoms with van der Waals surface area (Å²) in [5.74, 6) is 0. The third-order valence-corrected chi connectivity index (χ3v) is 2.91. The summed E-state index contributed by atoms with van der Waals surface area (Å²) >= 11 is 0. The number of hydrogen-bond donors (Lipinski definition) is 0. The summed E-state index contributed by atoms with van der Waals surface area (Å²) in [7, 11) is 0. The SMILES string of the molecule is C=C/C(=C(/C)N=C(C)C)c1ccc(C)cc1C(=C)C. The first-order valence-corrected chi connectivity index (χ1v) is 6.49. The van der Waals surface area contributed by atoms with Crippen LogP contribution in [0.4, 0.5) is 0 Å². The predicted molar refractivity (Wildman–Crippen MR) is 87.5 cm³/mol. The Morgan fingerprint density at radius 3 is 2.21 bits per heavy atom. The molecule has 0 spiro atoms. The van der Waals surface area contributed by atoms with Crippen molar-refractivity contribution < 1.29 is 0 Å². The van der Waals surface area contributed by atoms with Gasteiger partial charge in [-0.3, -0.25) is 4.99 Å². The molecule has 19 heavy (non-hydrogen) atoms. The lowest BCUT2D eigenvalue weighted by molar-refractivity contribution is 1.29. The number of allylic oxidation sites excluding steroid dienone is 4. The second-order valence-corrected chi connectivity index (χ2v) is 5.09. The van der Waals surface area contributed by atoms with Crippen molar-refractivity contribution in [3.63, 3.8) is 0 Å². The normalized spacial score (nSPS) is 11.6. The number of aryl methyl sites for hydroxylation is 1. The molecular weight excluding hydrogens is 230 g/mol. The van der Waals surface area contributed by atoms with Crippen LogP contribution >= 0.6 is 0 Å². The first-order valence-electron chi connectivity index (χ1n) is 6.49. The largest absolute Gasteiger partial charge is 0.263 e. The minimum Gasteiger partial charge on any atom is -0.263 e. The van der Waals surface area contributed by atoms with E-state index in [0.717, 1.165) is 28.1 Å². The number of hydrogen-bond acceptors (Lipinski definition) is 1. The summed E-state index contributed by atoms with van der Waals surface area (Å²) in [6.45, 7) is 18.1. The fourth-order valence-electron chi connectivity index (χ4n) is 2.09. The highest BCUT2D eigenvalue weighted by atomic mass is 14.7. The molecule has 1 heteroatoms. The molecule has 100 valence electrons. The zero-order valence-corrected chi connectivity index (χ0v) is 12.7. The van der Waals surface area contributed by atoms with Gasteiger partial charge in [-0.05, 0) is 45.7 Å². The standard InChI is InChI=1S/C18H23N/c1-8-16(15(7)19-13(4)5)17-10-9-14(6)11-18(17)12(2)3/h8-11H,1-2H2,3-7H3/b16-15+. The number of nitrogens with zero attached hydrogens (tertiary/aromatic N) is 1. The zero-order chi connectivity index (χ0) is 14.6.